The summed E-state index contributed by atoms with van der Waals surface area (Å²) < 4.78 is 0. The fourth-order valence-electron chi connectivity index (χ4n) is 2.18. The standard InChI is InChI=1S/C22H37/c1-3-5-7-9-11-13-15-17-19-21-22-20-18-16-14-12-10-8-6-4-2/h12-15,18-21H,1,3-11,16-17,22H2,2H3/b14-12-,15-13-,20-18-,21-19-. The van der Waals surface area contributed by atoms with E-state index < -0.39 is 0 Å². The van der Waals surface area contributed by atoms with Crippen molar-refractivity contribution in [1.29, 1.82) is 0 Å². The van der Waals surface area contributed by atoms with E-state index in [0.29, 0.717) is 0 Å². The Morgan fingerprint density at radius 1 is 0.545 bits per heavy atom. The molecule has 0 aliphatic rings. The van der Waals surface area contributed by atoms with Crippen LogP contribution in [0, 0.1) is 6.92 Å². The highest BCUT2D eigenvalue weighted by molar-refractivity contribution is 4.99. The second-order valence-electron chi connectivity index (χ2n) is 5.79. The van der Waals surface area contributed by atoms with E-state index in [-0.39, 0.29) is 0 Å². The third kappa shape index (κ3) is 19.0. The van der Waals surface area contributed by atoms with Crippen LogP contribution in [0.5, 0.6) is 0 Å². The molecule has 0 saturated heterocycles. The van der Waals surface area contributed by atoms with Crippen LogP contribution in [-0.4, -0.2) is 0 Å². The van der Waals surface area contributed by atoms with E-state index in [9.17, 15) is 0 Å². The van der Waals surface area contributed by atoms with Crippen molar-refractivity contribution in [1.82, 2.24) is 0 Å². The number of unbranched alkanes of at least 4 members (excludes halogenated alkanes) is 7. The Bertz CT molecular complexity index is 304. The lowest BCUT2D eigenvalue weighted by Crippen LogP contribution is -1.73. The van der Waals surface area contributed by atoms with Gasteiger partial charge in [-0.3, -0.25) is 0 Å². The number of hydrogen-bond donors (Lipinski definition) is 0. The quantitative estimate of drug-likeness (QED) is 0.214. The molecule has 0 rings (SSSR count). The molecule has 0 N–H and O–H groups in total. The van der Waals surface area contributed by atoms with Gasteiger partial charge < -0.3 is 0 Å². The molecule has 0 aromatic rings. The van der Waals surface area contributed by atoms with Crippen LogP contribution in [0.3, 0.4) is 0 Å². The maximum absolute atomic E-state index is 3.86. The summed E-state index contributed by atoms with van der Waals surface area (Å²) in [4.78, 5) is 0. The van der Waals surface area contributed by atoms with Crippen molar-refractivity contribution in [3.05, 3.63) is 55.5 Å². The summed E-state index contributed by atoms with van der Waals surface area (Å²) in [5, 5.41) is 0. The lowest BCUT2D eigenvalue weighted by molar-refractivity contribution is 0.694. The Hall–Kier alpha value is -1.04. The monoisotopic (exact) mass is 301 g/mol. The Balaban J connectivity index is 3.35. The molecule has 0 heterocycles. The second kappa shape index (κ2) is 20.0. The Labute approximate surface area is 140 Å². The smallest absolute Gasteiger partial charge is 0.0169 e. The number of hydrogen-bond acceptors (Lipinski definition) is 0. The molecule has 0 bridgehead atoms. The molecule has 22 heavy (non-hydrogen) atoms. The fraction of sp³-hybridized carbons (Fsp3) is 0.591. The molecular formula is C22H37. The first-order chi connectivity index (χ1) is 10.9. The zero-order valence-electron chi connectivity index (χ0n) is 14.8. The van der Waals surface area contributed by atoms with Gasteiger partial charge in [-0.25, -0.2) is 0 Å². The van der Waals surface area contributed by atoms with Crippen molar-refractivity contribution < 1.29 is 0 Å². The lowest BCUT2D eigenvalue weighted by atomic mass is 10.1. The second-order valence-corrected chi connectivity index (χ2v) is 5.79. The van der Waals surface area contributed by atoms with Crippen molar-refractivity contribution in [3.63, 3.8) is 0 Å². The van der Waals surface area contributed by atoms with E-state index in [1.165, 1.54) is 51.4 Å². The summed E-state index contributed by atoms with van der Waals surface area (Å²) in [7, 11) is 0. The summed E-state index contributed by atoms with van der Waals surface area (Å²) in [6, 6.07) is 0. The highest BCUT2D eigenvalue weighted by Gasteiger charge is 1.83. The van der Waals surface area contributed by atoms with Gasteiger partial charge in [0.1, 0.15) is 0 Å². The first-order valence-electron chi connectivity index (χ1n) is 9.31. The van der Waals surface area contributed by atoms with Gasteiger partial charge in [0.05, 0.1) is 0 Å². The normalized spacial score (nSPS) is 12.6. The van der Waals surface area contributed by atoms with Crippen LogP contribution in [0.4, 0.5) is 0 Å². The summed E-state index contributed by atoms with van der Waals surface area (Å²) >= 11 is 0. The molecule has 0 amide bonds. The van der Waals surface area contributed by atoms with Crippen LogP contribution < -0.4 is 0 Å². The molecule has 0 atom stereocenters. The zero-order valence-corrected chi connectivity index (χ0v) is 14.8. The largest absolute Gasteiger partial charge is 0.0882 e. The van der Waals surface area contributed by atoms with Crippen LogP contribution in [0.15, 0.2) is 48.6 Å². The third-order valence-electron chi connectivity index (χ3n) is 3.58. The maximum atomic E-state index is 3.86. The highest BCUT2D eigenvalue weighted by Crippen LogP contribution is 2.03. The van der Waals surface area contributed by atoms with E-state index >= 15 is 0 Å². The van der Waals surface area contributed by atoms with Gasteiger partial charge in [-0.05, 0) is 44.9 Å². The van der Waals surface area contributed by atoms with E-state index in [0.717, 1.165) is 25.7 Å². The van der Waals surface area contributed by atoms with Crippen LogP contribution in [-0.2, 0) is 0 Å². The van der Waals surface area contributed by atoms with Gasteiger partial charge in [-0.1, -0.05) is 94.6 Å². The van der Waals surface area contributed by atoms with Gasteiger partial charge in [0.25, 0.3) is 0 Å². The average Bonchev–Trinajstić information content (AvgIpc) is 2.54. The zero-order chi connectivity index (χ0) is 16.1. The SMILES string of the molecule is [CH2]CCCCC/C=C\C/C=C\C/C=C\C/C=C\CCCCC. The van der Waals surface area contributed by atoms with Crippen molar-refractivity contribution in [2.24, 2.45) is 0 Å². The molecule has 0 unspecified atom stereocenters. The number of rotatable bonds is 15. The van der Waals surface area contributed by atoms with Gasteiger partial charge >= 0.3 is 0 Å². The first kappa shape index (κ1) is 21.0. The third-order valence-corrected chi connectivity index (χ3v) is 3.58. The van der Waals surface area contributed by atoms with Crippen molar-refractivity contribution in [2.45, 2.75) is 84.0 Å². The minimum atomic E-state index is 1.06. The lowest BCUT2D eigenvalue weighted by Gasteiger charge is -1.93. The first-order valence-corrected chi connectivity index (χ1v) is 9.31. The average molecular weight is 302 g/mol. The molecule has 0 aromatic carbocycles. The molecule has 0 aliphatic heterocycles. The van der Waals surface area contributed by atoms with E-state index in [4.69, 9.17) is 0 Å². The molecule has 0 aromatic heterocycles. The molecule has 0 fully saturated rings. The Morgan fingerprint density at radius 3 is 1.45 bits per heavy atom. The highest BCUT2D eigenvalue weighted by atomic mass is 13.9. The van der Waals surface area contributed by atoms with Gasteiger partial charge in [0.2, 0.25) is 0 Å². The van der Waals surface area contributed by atoms with Gasteiger partial charge in [-0.15, -0.1) is 0 Å². The van der Waals surface area contributed by atoms with E-state index in [1.54, 1.807) is 0 Å². The Morgan fingerprint density at radius 2 is 1.00 bits per heavy atom. The molecule has 0 nitrogen and oxygen atoms in total. The van der Waals surface area contributed by atoms with Crippen molar-refractivity contribution in [2.75, 3.05) is 0 Å². The summed E-state index contributed by atoms with van der Waals surface area (Å²) in [6.45, 7) is 6.11. The minimum absolute atomic E-state index is 1.06. The topological polar surface area (TPSA) is 0 Å². The summed E-state index contributed by atoms with van der Waals surface area (Å²) in [5.41, 5.74) is 0. The molecular weight excluding hydrogens is 264 g/mol. The maximum Gasteiger partial charge on any atom is -0.0169 e. The van der Waals surface area contributed by atoms with Gasteiger partial charge in [0.15, 0.2) is 0 Å². The molecule has 0 aliphatic carbocycles. The molecule has 1 radical (unpaired) electrons. The number of allylic oxidation sites excluding steroid dienone is 8. The molecule has 0 spiro atoms. The fourth-order valence-corrected chi connectivity index (χ4v) is 2.18. The Kier molecular flexibility index (Phi) is 19.0. The van der Waals surface area contributed by atoms with Gasteiger partial charge in [0, 0.05) is 0 Å². The molecule has 125 valence electrons. The van der Waals surface area contributed by atoms with Crippen molar-refractivity contribution in [3.8, 4) is 0 Å². The van der Waals surface area contributed by atoms with Crippen LogP contribution in [0.2, 0.25) is 0 Å². The summed E-state index contributed by atoms with van der Waals surface area (Å²) in [5.74, 6) is 0. The van der Waals surface area contributed by atoms with Gasteiger partial charge in [-0.2, -0.15) is 0 Å². The van der Waals surface area contributed by atoms with Crippen LogP contribution in [0.1, 0.15) is 84.0 Å². The predicted molar refractivity (Wildman–Crippen MR) is 103 cm³/mol. The summed E-state index contributed by atoms with van der Waals surface area (Å²) in [6.07, 6.45) is 32.9. The van der Waals surface area contributed by atoms with E-state index in [1.807, 2.05) is 0 Å². The van der Waals surface area contributed by atoms with Crippen LogP contribution >= 0.6 is 0 Å². The molecule has 0 saturated carbocycles. The molecule has 0 heteroatoms. The van der Waals surface area contributed by atoms with Crippen molar-refractivity contribution >= 4 is 0 Å². The van der Waals surface area contributed by atoms with Crippen LogP contribution in [0.25, 0.3) is 0 Å². The predicted octanol–water partition coefficient (Wildman–Crippen LogP) is 7.75. The minimum Gasteiger partial charge on any atom is -0.0882 e. The van der Waals surface area contributed by atoms with E-state index in [2.05, 4.69) is 62.5 Å².